The third kappa shape index (κ3) is 2.69. The van der Waals surface area contributed by atoms with Crippen molar-refractivity contribution in [3.63, 3.8) is 0 Å². The van der Waals surface area contributed by atoms with E-state index in [9.17, 15) is 10.1 Å². The number of carbonyl (C=O) groups excluding carboxylic acids is 1. The molecule has 0 spiro atoms. The van der Waals surface area contributed by atoms with Crippen molar-refractivity contribution in [3.05, 3.63) is 46.0 Å². The number of benzene rings is 1. The third-order valence-corrected chi connectivity index (χ3v) is 3.82. The van der Waals surface area contributed by atoms with E-state index in [1.54, 1.807) is 24.3 Å². The van der Waals surface area contributed by atoms with Crippen molar-refractivity contribution in [1.29, 1.82) is 0 Å². The number of ether oxygens (including phenoxy) is 4. The van der Waals surface area contributed by atoms with E-state index in [1.807, 2.05) is 0 Å². The van der Waals surface area contributed by atoms with Gasteiger partial charge in [-0.2, -0.15) is 4.89 Å². The Balaban J connectivity index is 2.60. The first-order chi connectivity index (χ1) is 10.5. The van der Waals surface area contributed by atoms with Gasteiger partial charge in [-0.15, -0.1) is 0 Å². The minimum Gasteiger partial charge on any atom is -0.465 e. The molecule has 1 N–H and O–H groups in total. The Morgan fingerprint density at radius 3 is 2.23 bits per heavy atom. The van der Waals surface area contributed by atoms with Crippen molar-refractivity contribution in [1.82, 2.24) is 0 Å². The smallest absolute Gasteiger partial charge is 0.339 e. The lowest BCUT2D eigenvalue weighted by atomic mass is 9.98. The topological polar surface area (TPSA) is 83.5 Å². The Morgan fingerprint density at radius 2 is 1.77 bits per heavy atom. The summed E-state index contributed by atoms with van der Waals surface area (Å²) in [5, 5.41) is 9.48. The highest BCUT2D eigenvalue weighted by molar-refractivity contribution is 9.10. The summed E-state index contributed by atoms with van der Waals surface area (Å²) < 4.78 is 21.4. The number of hydrogen-bond donors (Lipinski definition) is 1. The van der Waals surface area contributed by atoms with Crippen LogP contribution in [0.1, 0.15) is 5.56 Å². The molecule has 1 aliphatic rings. The molecule has 0 fully saturated rings. The normalized spacial score (nSPS) is 23.2. The summed E-state index contributed by atoms with van der Waals surface area (Å²) in [5.41, 5.74) is 0.245. The van der Waals surface area contributed by atoms with Crippen molar-refractivity contribution >= 4 is 21.9 Å². The highest BCUT2D eigenvalue weighted by atomic mass is 79.9. The van der Waals surface area contributed by atoms with Crippen molar-refractivity contribution in [3.8, 4) is 0 Å². The molecule has 0 bridgehead atoms. The quantitative estimate of drug-likeness (QED) is 0.366. The summed E-state index contributed by atoms with van der Waals surface area (Å²) >= 11 is 3.30. The molecule has 0 amide bonds. The Labute approximate surface area is 135 Å². The monoisotopic (exact) mass is 374 g/mol. The van der Waals surface area contributed by atoms with Crippen LogP contribution in [0.2, 0.25) is 0 Å². The summed E-state index contributed by atoms with van der Waals surface area (Å²) in [6.45, 7) is 0. The lowest BCUT2D eigenvalue weighted by molar-refractivity contribution is -0.461. The molecule has 0 aromatic heterocycles. The van der Waals surface area contributed by atoms with E-state index in [4.69, 9.17) is 18.9 Å². The first-order valence-electron chi connectivity index (χ1n) is 6.17. The summed E-state index contributed by atoms with van der Waals surface area (Å²) in [4.78, 5) is 16.6. The van der Waals surface area contributed by atoms with Crippen LogP contribution in [0.15, 0.2) is 40.4 Å². The average Bonchev–Trinajstić information content (AvgIpc) is 2.91. The number of carbonyl (C=O) groups is 1. The van der Waals surface area contributed by atoms with Gasteiger partial charge in [0.2, 0.25) is 0 Å². The van der Waals surface area contributed by atoms with Crippen molar-refractivity contribution in [2.45, 2.75) is 11.8 Å². The van der Waals surface area contributed by atoms with Crippen LogP contribution in [-0.4, -0.2) is 38.5 Å². The molecule has 0 saturated heterocycles. The van der Waals surface area contributed by atoms with Gasteiger partial charge in [0.05, 0.1) is 7.11 Å². The van der Waals surface area contributed by atoms with Gasteiger partial charge >= 0.3 is 11.9 Å². The lowest BCUT2D eigenvalue weighted by Crippen LogP contribution is -2.41. The van der Waals surface area contributed by atoms with E-state index in [2.05, 4.69) is 20.8 Å². The van der Waals surface area contributed by atoms with Crippen LogP contribution in [0, 0.1) is 0 Å². The van der Waals surface area contributed by atoms with Crippen LogP contribution in [0.25, 0.3) is 0 Å². The van der Waals surface area contributed by atoms with Gasteiger partial charge < -0.3 is 14.2 Å². The van der Waals surface area contributed by atoms with Crippen LogP contribution in [-0.2, 0) is 34.4 Å². The van der Waals surface area contributed by atoms with Crippen LogP contribution in [0.3, 0.4) is 0 Å². The molecule has 22 heavy (non-hydrogen) atoms. The van der Waals surface area contributed by atoms with Gasteiger partial charge in [0.15, 0.2) is 0 Å². The van der Waals surface area contributed by atoms with Gasteiger partial charge in [0, 0.05) is 30.3 Å². The first-order valence-corrected chi connectivity index (χ1v) is 6.97. The van der Waals surface area contributed by atoms with E-state index in [0.717, 1.165) is 4.47 Å². The fourth-order valence-corrected chi connectivity index (χ4v) is 2.41. The van der Waals surface area contributed by atoms with Crippen molar-refractivity contribution in [2.75, 3.05) is 21.3 Å². The Hall–Kier alpha value is -1.29. The summed E-state index contributed by atoms with van der Waals surface area (Å²) in [7, 11) is 3.85. The van der Waals surface area contributed by atoms with Gasteiger partial charge in [-0.3, -0.25) is 4.74 Å². The SMILES string of the molecule is COC(=O)C1=CC(OC)(OC)O[C@@]1(OO)c1ccc(Br)cc1. The lowest BCUT2D eigenvalue weighted by Gasteiger charge is -2.32. The summed E-state index contributed by atoms with van der Waals surface area (Å²) in [6.07, 6.45) is 1.25. The molecule has 0 radical (unpaired) electrons. The van der Waals surface area contributed by atoms with Gasteiger partial charge in [-0.25, -0.2) is 10.1 Å². The summed E-state index contributed by atoms with van der Waals surface area (Å²) in [6, 6.07) is 6.62. The predicted molar refractivity (Wildman–Crippen MR) is 77.5 cm³/mol. The first kappa shape index (κ1) is 17.1. The minimum atomic E-state index is -1.93. The molecule has 2 rings (SSSR count). The Bertz CT molecular complexity index is 579. The third-order valence-electron chi connectivity index (χ3n) is 3.29. The van der Waals surface area contributed by atoms with Crippen LogP contribution < -0.4 is 0 Å². The Morgan fingerprint density at radius 1 is 1.18 bits per heavy atom. The Kier molecular flexibility index (Phi) is 5.00. The molecule has 0 aliphatic carbocycles. The fourth-order valence-electron chi connectivity index (χ4n) is 2.15. The van der Waals surface area contributed by atoms with Crippen LogP contribution in [0.4, 0.5) is 0 Å². The zero-order valence-electron chi connectivity index (χ0n) is 12.2. The van der Waals surface area contributed by atoms with E-state index < -0.39 is 17.7 Å². The molecule has 8 heteroatoms. The maximum absolute atomic E-state index is 12.1. The molecule has 1 aromatic rings. The molecule has 7 nitrogen and oxygen atoms in total. The van der Waals surface area contributed by atoms with Crippen LogP contribution in [0.5, 0.6) is 0 Å². The van der Waals surface area contributed by atoms with E-state index in [1.165, 1.54) is 27.4 Å². The fraction of sp³-hybridized carbons (Fsp3) is 0.357. The molecule has 1 aromatic carbocycles. The predicted octanol–water partition coefficient (Wildman–Crippen LogP) is 2.17. The zero-order valence-corrected chi connectivity index (χ0v) is 13.7. The van der Waals surface area contributed by atoms with Gasteiger partial charge in [-0.05, 0) is 12.1 Å². The second kappa shape index (κ2) is 6.45. The zero-order chi connectivity index (χ0) is 16.4. The van der Waals surface area contributed by atoms with E-state index >= 15 is 0 Å². The van der Waals surface area contributed by atoms with Crippen molar-refractivity contribution < 1.29 is 33.9 Å². The maximum atomic E-state index is 12.1. The second-order valence-corrected chi connectivity index (χ2v) is 5.29. The average molecular weight is 375 g/mol. The maximum Gasteiger partial charge on any atom is 0.339 e. The number of hydrogen-bond acceptors (Lipinski definition) is 7. The highest BCUT2D eigenvalue weighted by Gasteiger charge is 2.57. The molecule has 1 atom stereocenters. The molecule has 1 aliphatic heterocycles. The second-order valence-electron chi connectivity index (χ2n) is 4.38. The van der Waals surface area contributed by atoms with E-state index in [-0.39, 0.29) is 5.57 Å². The molecule has 0 unspecified atom stereocenters. The number of methoxy groups -OCH3 is 3. The highest BCUT2D eigenvalue weighted by Crippen LogP contribution is 2.46. The molecular weight excluding hydrogens is 360 g/mol. The minimum absolute atomic E-state index is 0.108. The largest absolute Gasteiger partial charge is 0.465 e. The number of esters is 1. The molecule has 0 saturated carbocycles. The summed E-state index contributed by atoms with van der Waals surface area (Å²) in [5.74, 6) is -4.38. The molecule has 120 valence electrons. The van der Waals surface area contributed by atoms with Crippen molar-refractivity contribution in [2.24, 2.45) is 0 Å². The number of halogens is 1. The van der Waals surface area contributed by atoms with Gasteiger partial charge in [0.1, 0.15) is 5.57 Å². The van der Waals surface area contributed by atoms with Gasteiger partial charge in [-0.1, -0.05) is 28.1 Å². The molecule has 1 heterocycles. The molecular formula is C14H15BrO7. The van der Waals surface area contributed by atoms with Crippen LogP contribution >= 0.6 is 15.9 Å². The standard InChI is InChI=1S/C14H15BrO7/c1-18-12(16)11-8-13(19-2,20-3)21-14(11,22-17)9-4-6-10(15)7-5-9/h4-8,17H,1-3H3/t14-/m1/s1. The van der Waals surface area contributed by atoms with E-state index in [0.29, 0.717) is 5.56 Å². The van der Waals surface area contributed by atoms with Gasteiger partial charge in [0.25, 0.3) is 5.79 Å². The number of rotatable bonds is 5.